The molecule has 0 spiro atoms. The zero-order valence-corrected chi connectivity index (χ0v) is 16.6. The minimum absolute atomic E-state index is 0.0281. The molecule has 3 N–H and O–H groups in total. The zero-order chi connectivity index (χ0) is 21.2. The summed E-state index contributed by atoms with van der Waals surface area (Å²) in [4.78, 5) is 26.7. The molecule has 0 radical (unpaired) electrons. The molecular formula is C20H27N3O6. The number of benzene rings is 2. The van der Waals surface area contributed by atoms with Crippen molar-refractivity contribution in [1.82, 2.24) is 10.6 Å². The number of fused-ring (bicyclic) bond motifs is 1. The van der Waals surface area contributed by atoms with E-state index in [9.17, 15) is 20.0 Å². The molecule has 0 saturated heterocycles. The van der Waals surface area contributed by atoms with Gasteiger partial charge < -0.3 is 25.3 Å². The number of nitrogens with one attached hydrogen (secondary N) is 2. The lowest BCUT2D eigenvalue weighted by Gasteiger charge is -2.18. The van der Waals surface area contributed by atoms with Crippen molar-refractivity contribution in [2.45, 2.75) is 32.4 Å². The Morgan fingerprint density at radius 2 is 2.00 bits per heavy atom. The molecule has 0 aliphatic heterocycles. The van der Waals surface area contributed by atoms with Gasteiger partial charge in [0.1, 0.15) is 25.1 Å². The monoisotopic (exact) mass is 405 g/mol. The average molecular weight is 405 g/mol. The molecule has 2 rings (SSSR count). The van der Waals surface area contributed by atoms with Crippen LogP contribution in [0.4, 0.5) is 0 Å². The minimum atomic E-state index is -0.901. The van der Waals surface area contributed by atoms with Gasteiger partial charge in [-0.25, -0.2) is 0 Å². The highest BCUT2D eigenvalue weighted by Gasteiger charge is 2.15. The number of aliphatic hydroxyl groups is 1. The number of carbonyl (C=O) groups is 1. The molecule has 9 heteroatoms. The maximum absolute atomic E-state index is 12.3. The van der Waals surface area contributed by atoms with Crippen LogP contribution in [-0.4, -0.2) is 54.5 Å². The number of rotatable bonds is 12. The molecule has 2 aromatic rings. The molecule has 0 bridgehead atoms. The molecular weight excluding hydrogens is 378 g/mol. The summed E-state index contributed by atoms with van der Waals surface area (Å²) in [5.41, 5.74) is 0.694. The SMILES string of the molecule is CC(C)NCC(O)COc1ccc2ccccc2c1CC(=O)NCCO[N+](=O)[O-]. The van der Waals surface area contributed by atoms with Crippen molar-refractivity contribution in [3.63, 3.8) is 0 Å². The van der Waals surface area contributed by atoms with E-state index in [-0.39, 0.29) is 38.1 Å². The first-order valence-electron chi connectivity index (χ1n) is 9.45. The van der Waals surface area contributed by atoms with Crippen LogP contribution in [0.5, 0.6) is 5.75 Å². The molecule has 9 nitrogen and oxygen atoms in total. The summed E-state index contributed by atoms with van der Waals surface area (Å²) >= 11 is 0. The Morgan fingerprint density at radius 1 is 1.24 bits per heavy atom. The van der Waals surface area contributed by atoms with Gasteiger partial charge in [-0.05, 0) is 16.8 Å². The molecule has 2 aromatic carbocycles. The Morgan fingerprint density at radius 3 is 2.72 bits per heavy atom. The number of amides is 1. The van der Waals surface area contributed by atoms with Gasteiger partial charge in [-0.15, -0.1) is 10.1 Å². The summed E-state index contributed by atoms with van der Waals surface area (Å²) < 4.78 is 5.81. The fourth-order valence-corrected chi connectivity index (χ4v) is 2.78. The van der Waals surface area contributed by atoms with Gasteiger partial charge in [0, 0.05) is 24.7 Å². The fourth-order valence-electron chi connectivity index (χ4n) is 2.78. The van der Waals surface area contributed by atoms with Crippen molar-refractivity contribution < 1.29 is 24.6 Å². The second-order valence-electron chi connectivity index (χ2n) is 6.87. The van der Waals surface area contributed by atoms with E-state index >= 15 is 0 Å². The van der Waals surface area contributed by atoms with E-state index in [1.54, 1.807) is 6.07 Å². The summed E-state index contributed by atoms with van der Waals surface area (Å²) in [6.07, 6.45) is -0.653. The second-order valence-corrected chi connectivity index (χ2v) is 6.87. The molecule has 29 heavy (non-hydrogen) atoms. The fraction of sp³-hybridized carbons (Fsp3) is 0.450. The van der Waals surface area contributed by atoms with E-state index in [4.69, 9.17) is 4.74 Å². The van der Waals surface area contributed by atoms with Gasteiger partial charge in [0.2, 0.25) is 5.91 Å². The number of hydrogen-bond donors (Lipinski definition) is 3. The van der Waals surface area contributed by atoms with Gasteiger partial charge in [0.15, 0.2) is 0 Å². The van der Waals surface area contributed by atoms with Gasteiger partial charge in [-0.3, -0.25) is 4.79 Å². The van der Waals surface area contributed by atoms with Crippen molar-refractivity contribution in [2.24, 2.45) is 0 Å². The Balaban J connectivity index is 2.08. The first kappa shape index (κ1) is 22.4. The van der Waals surface area contributed by atoms with Gasteiger partial charge in [-0.1, -0.05) is 44.2 Å². The molecule has 1 atom stereocenters. The number of hydrogen-bond acceptors (Lipinski definition) is 7. The van der Waals surface area contributed by atoms with Crippen LogP contribution in [0.25, 0.3) is 10.8 Å². The number of aliphatic hydroxyl groups excluding tert-OH is 1. The molecule has 0 aliphatic carbocycles. The van der Waals surface area contributed by atoms with Crippen LogP contribution in [-0.2, 0) is 16.1 Å². The third-order valence-electron chi connectivity index (χ3n) is 4.15. The van der Waals surface area contributed by atoms with Crippen LogP contribution in [0.3, 0.4) is 0 Å². The topological polar surface area (TPSA) is 123 Å². The van der Waals surface area contributed by atoms with Gasteiger partial charge >= 0.3 is 0 Å². The lowest BCUT2D eigenvalue weighted by Crippen LogP contribution is -2.35. The van der Waals surface area contributed by atoms with Gasteiger partial charge in [0.25, 0.3) is 5.09 Å². The maximum Gasteiger partial charge on any atom is 0.294 e. The zero-order valence-electron chi connectivity index (χ0n) is 16.6. The summed E-state index contributed by atoms with van der Waals surface area (Å²) in [7, 11) is 0. The van der Waals surface area contributed by atoms with Crippen LogP contribution in [0.15, 0.2) is 36.4 Å². The Bertz CT molecular complexity index is 827. The van der Waals surface area contributed by atoms with Gasteiger partial charge in [-0.2, -0.15) is 0 Å². The summed E-state index contributed by atoms with van der Waals surface area (Å²) in [6, 6.07) is 11.6. The standard InChI is InChI=1S/C20H27N3O6/c1-14(2)22-12-16(24)13-28-19-8-7-15-5-3-4-6-17(15)18(19)11-20(25)21-9-10-29-23(26)27/h3-8,14,16,22,24H,9-13H2,1-2H3,(H,21,25). The van der Waals surface area contributed by atoms with Crippen LogP contribution < -0.4 is 15.4 Å². The largest absolute Gasteiger partial charge is 0.491 e. The predicted octanol–water partition coefficient (Wildman–Crippen LogP) is 1.44. The molecule has 0 aliphatic rings. The van der Waals surface area contributed by atoms with E-state index in [2.05, 4.69) is 15.5 Å². The predicted molar refractivity (Wildman–Crippen MR) is 108 cm³/mol. The number of ether oxygens (including phenoxy) is 1. The van der Waals surface area contributed by atoms with Crippen molar-refractivity contribution in [3.8, 4) is 5.75 Å². The third kappa shape index (κ3) is 7.55. The quantitative estimate of drug-likeness (QED) is 0.277. The molecule has 0 fully saturated rings. The summed E-state index contributed by atoms with van der Waals surface area (Å²) in [6.45, 7) is 4.28. The molecule has 158 valence electrons. The normalized spacial score (nSPS) is 12.0. The van der Waals surface area contributed by atoms with E-state index in [0.717, 1.165) is 10.8 Å². The Labute approximate surface area is 169 Å². The average Bonchev–Trinajstić information content (AvgIpc) is 2.68. The molecule has 0 heterocycles. The van der Waals surface area contributed by atoms with Crippen LogP contribution in [0, 0.1) is 10.1 Å². The lowest BCUT2D eigenvalue weighted by atomic mass is 10.0. The summed E-state index contributed by atoms with van der Waals surface area (Å²) in [5.74, 6) is 0.212. The Kier molecular flexibility index (Phi) is 8.63. The van der Waals surface area contributed by atoms with E-state index in [1.165, 1.54) is 0 Å². The highest BCUT2D eigenvalue weighted by Crippen LogP contribution is 2.28. The smallest absolute Gasteiger partial charge is 0.294 e. The van der Waals surface area contributed by atoms with E-state index in [1.807, 2.05) is 44.2 Å². The number of nitrogens with zero attached hydrogens (tertiary/aromatic N) is 1. The van der Waals surface area contributed by atoms with E-state index < -0.39 is 11.2 Å². The third-order valence-corrected chi connectivity index (χ3v) is 4.15. The van der Waals surface area contributed by atoms with Crippen LogP contribution in [0.2, 0.25) is 0 Å². The number of carbonyl (C=O) groups excluding carboxylic acids is 1. The highest BCUT2D eigenvalue weighted by atomic mass is 16.9. The van der Waals surface area contributed by atoms with Crippen molar-refractivity contribution >= 4 is 16.7 Å². The lowest BCUT2D eigenvalue weighted by molar-refractivity contribution is -0.757. The molecule has 0 saturated carbocycles. The van der Waals surface area contributed by atoms with Crippen molar-refractivity contribution in [3.05, 3.63) is 52.1 Å². The molecule has 1 amide bonds. The minimum Gasteiger partial charge on any atom is -0.491 e. The van der Waals surface area contributed by atoms with Gasteiger partial charge in [0.05, 0.1) is 6.42 Å². The molecule has 0 aromatic heterocycles. The van der Waals surface area contributed by atoms with Crippen molar-refractivity contribution in [2.75, 3.05) is 26.3 Å². The van der Waals surface area contributed by atoms with Crippen molar-refractivity contribution in [1.29, 1.82) is 0 Å². The maximum atomic E-state index is 12.3. The van der Waals surface area contributed by atoms with Crippen LogP contribution >= 0.6 is 0 Å². The van der Waals surface area contributed by atoms with E-state index in [0.29, 0.717) is 17.9 Å². The first-order chi connectivity index (χ1) is 13.9. The highest BCUT2D eigenvalue weighted by molar-refractivity contribution is 5.92. The Hall–Kier alpha value is -2.91. The molecule has 1 unspecified atom stereocenters. The summed E-state index contributed by atoms with van der Waals surface area (Å²) in [5, 5.41) is 26.9. The second kappa shape index (κ2) is 11.2. The van der Waals surface area contributed by atoms with Crippen LogP contribution in [0.1, 0.15) is 19.4 Å². The first-order valence-corrected chi connectivity index (χ1v) is 9.45.